The molecule has 1 aromatic rings. The minimum absolute atomic E-state index is 0.0251. The van der Waals surface area contributed by atoms with Gasteiger partial charge in [0.15, 0.2) is 0 Å². The van der Waals surface area contributed by atoms with E-state index in [9.17, 15) is 14.7 Å². The molecule has 0 aromatic carbocycles. The van der Waals surface area contributed by atoms with Crippen molar-refractivity contribution in [3.05, 3.63) is 29.6 Å². The molecule has 0 bridgehead atoms. The maximum atomic E-state index is 12.5. The fourth-order valence-electron chi connectivity index (χ4n) is 3.57. The van der Waals surface area contributed by atoms with Crippen LogP contribution in [0.15, 0.2) is 18.2 Å². The summed E-state index contributed by atoms with van der Waals surface area (Å²) < 4.78 is 0. The van der Waals surface area contributed by atoms with E-state index in [0.29, 0.717) is 19.4 Å². The number of hydrogen-bond donors (Lipinski definition) is 2. The topological polar surface area (TPSA) is 82.5 Å². The molecule has 6 heteroatoms. The lowest BCUT2D eigenvalue weighted by Crippen LogP contribution is -2.49. The van der Waals surface area contributed by atoms with Crippen LogP contribution in [-0.2, 0) is 16.0 Å². The van der Waals surface area contributed by atoms with E-state index < -0.39 is 12.0 Å². The summed E-state index contributed by atoms with van der Waals surface area (Å²) in [6.45, 7) is 2.57. The SMILES string of the molecule is Cc1cccc(CCCNC(=O)C2CCC(C(=O)O)N2C2CC2)n1. The number of hydrogen-bond acceptors (Lipinski definition) is 4. The van der Waals surface area contributed by atoms with Crippen LogP contribution in [-0.4, -0.2) is 51.5 Å². The van der Waals surface area contributed by atoms with Crippen molar-refractivity contribution in [2.45, 2.75) is 63.6 Å². The number of nitrogens with zero attached hydrogens (tertiary/aromatic N) is 2. The molecule has 1 saturated heterocycles. The Kier molecular flexibility index (Phi) is 5.14. The van der Waals surface area contributed by atoms with Gasteiger partial charge in [0.05, 0.1) is 6.04 Å². The molecule has 2 aliphatic rings. The predicted octanol–water partition coefficient (Wildman–Crippen LogP) is 1.52. The highest BCUT2D eigenvalue weighted by Gasteiger charge is 2.48. The summed E-state index contributed by atoms with van der Waals surface area (Å²) in [6, 6.07) is 5.46. The highest BCUT2D eigenvalue weighted by atomic mass is 16.4. The second-order valence-electron chi connectivity index (χ2n) is 6.79. The maximum Gasteiger partial charge on any atom is 0.320 e. The van der Waals surface area contributed by atoms with Crippen LogP contribution in [0.25, 0.3) is 0 Å². The molecule has 2 heterocycles. The number of nitrogens with one attached hydrogen (secondary N) is 1. The standard InChI is InChI=1S/C18H25N3O3/c1-12-4-2-5-13(20-12)6-3-11-19-17(22)15-9-10-16(18(23)24)21(15)14-7-8-14/h2,4-5,14-16H,3,6-11H2,1H3,(H,19,22)(H,23,24). The van der Waals surface area contributed by atoms with E-state index in [-0.39, 0.29) is 18.0 Å². The van der Waals surface area contributed by atoms with Crippen molar-refractivity contribution >= 4 is 11.9 Å². The van der Waals surface area contributed by atoms with Crippen LogP contribution in [0.3, 0.4) is 0 Å². The van der Waals surface area contributed by atoms with E-state index in [1.807, 2.05) is 30.0 Å². The number of carbonyl (C=O) groups is 2. The number of likely N-dealkylation sites (tertiary alicyclic amines) is 1. The molecule has 1 aliphatic carbocycles. The van der Waals surface area contributed by atoms with Gasteiger partial charge in [0.1, 0.15) is 6.04 Å². The van der Waals surface area contributed by atoms with Crippen LogP contribution in [0.4, 0.5) is 0 Å². The zero-order valence-electron chi connectivity index (χ0n) is 14.1. The summed E-state index contributed by atoms with van der Waals surface area (Å²) >= 11 is 0. The van der Waals surface area contributed by atoms with Gasteiger partial charge in [-0.2, -0.15) is 0 Å². The number of rotatable bonds is 7. The Labute approximate surface area is 142 Å². The number of carboxylic acid groups (broad SMARTS) is 1. The molecule has 6 nitrogen and oxygen atoms in total. The number of pyridine rings is 1. The quantitative estimate of drug-likeness (QED) is 0.740. The third kappa shape index (κ3) is 3.93. The van der Waals surface area contributed by atoms with Crippen molar-refractivity contribution in [2.75, 3.05) is 6.54 Å². The third-order valence-corrected chi connectivity index (χ3v) is 4.84. The average molecular weight is 331 g/mol. The van der Waals surface area contributed by atoms with Crippen molar-refractivity contribution in [1.82, 2.24) is 15.2 Å². The number of aliphatic carboxylic acids is 1. The summed E-state index contributed by atoms with van der Waals surface area (Å²) in [5.74, 6) is -0.828. The number of aryl methyl sites for hydroxylation is 2. The average Bonchev–Trinajstić information content (AvgIpc) is 3.29. The monoisotopic (exact) mass is 331 g/mol. The van der Waals surface area contributed by atoms with Crippen molar-refractivity contribution < 1.29 is 14.7 Å². The van der Waals surface area contributed by atoms with Crippen LogP contribution >= 0.6 is 0 Å². The molecule has 2 fully saturated rings. The molecule has 3 rings (SSSR count). The fraction of sp³-hybridized carbons (Fsp3) is 0.611. The minimum Gasteiger partial charge on any atom is -0.480 e. The molecule has 1 amide bonds. The molecule has 0 radical (unpaired) electrons. The Balaban J connectivity index is 1.47. The molecular weight excluding hydrogens is 306 g/mol. The molecule has 0 spiro atoms. The molecule has 2 unspecified atom stereocenters. The van der Waals surface area contributed by atoms with Gasteiger partial charge in [0.2, 0.25) is 5.91 Å². The summed E-state index contributed by atoms with van der Waals surface area (Å²) in [4.78, 5) is 30.2. The second kappa shape index (κ2) is 7.30. The lowest BCUT2D eigenvalue weighted by atomic mass is 10.1. The third-order valence-electron chi connectivity index (χ3n) is 4.84. The molecule has 2 atom stereocenters. The first-order chi connectivity index (χ1) is 11.6. The van der Waals surface area contributed by atoms with Crippen molar-refractivity contribution in [3.8, 4) is 0 Å². The van der Waals surface area contributed by atoms with Crippen molar-refractivity contribution in [3.63, 3.8) is 0 Å². The summed E-state index contributed by atoms with van der Waals surface area (Å²) in [5, 5.41) is 12.3. The summed E-state index contributed by atoms with van der Waals surface area (Å²) in [5.41, 5.74) is 2.04. The Morgan fingerprint density at radius 2 is 2.00 bits per heavy atom. The van der Waals surface area contributed by atoms with E-state index in [4.69, 9.17) is 0 Å². The van der Waals surface area contributed by atoms with Crippen molar-refractivity contribution in [1.29, 1.82) is 0 Å². The van der Waals surface area contributed by atoms with Crippen LogP contribution in [0.2, 0.25) is 0 Å². The van der Waals surface area contributed by atoms with Gasteiger partial charge in [-0.3, -0.25) is 19.5 Å². The number of amides is 1. The summed E-state index contributed by atoms with van der Waals surface area (Å²) in [6.07, 6.45) is 4.88. The zero-order valence-corrected chi connectivity index (χ0v) is 14.1. The van der Waals surface area contributed by atoms with Gasteiger partial charge in [0, 0.05) is 24.0 Å². The Morgan fingerprint density at radius 3 is 2.67 bits per heavy atom. The second-order valence-corrected chi connectivity index (χ2v) is 6.79. The van der Waals surface area contributed by atoms with E-state index >= 15 is 0 Å². The predicted molar refractivity (Wildman–Crippen MR) is 89.6 cm³/mol. The lowest BCUT2D eigenvalue weighted by molar-refractivity contribution is -0.143. The van der Waals surface area contributed by atoms with Gasteiger partial charge in [-0.25, -0.2) is 0 Å². The van der Waals surface area contributed by atoms with Gasteiger partial charge in [0.25, 0.3) is 0 Å². The Hall–Kier alpha value is -1.95. The molecule has 1 saturated carbocycles. The number of aromatic nitrogens is 1. The fourth-order valence-corrected chi connectivity index (χ4v) is 3.57. The van der Waals surface area contributed by atoms with Crippen LogP contribution in [0.1, 0.15) is 43.5 Å². The van der Waals surface area contributed by atoms with Gasteiger partial charge in [-0.1, -0.05) is 6.07 Å². The number of carbonyl (C=O) groups excluding carboxylic acids is 1. The highest BCUT2D eigenvalue weighted by Crippen LogP contribution is 2.37. The van der Waals surface area contributed by atoms with E-state index in [1.54, 1.807) is 0 Å². The van der Waals surface area contributed by atoms with Crippen molar-refractivity contribution in [2.24, 2.45) is 0 Å². The van der Waals surface area contributed by atoms with E-state index in [2.05, 4.69) is 10.3 Å². The van der Waals surface area contributed by atoms with E-state index in [1.165, 1.54) is 0 Å². The largest absolute Gasteiger partial charge is 0.480 e. The summed E-state index contributed by atoms with van der Waals surface area (Å²) in [7, 11) is 0. The molecule has 1 aliphatic heterocycles. The molecule has 2 N–H and O–H groups in total. The molecule has 1 aromatic heterocycles. The normalized spacial score (nSPS) is 24.0. The van der Waals surface area contributed by atoms with Gasteiger partial charge in [-0.15, -0.1) is 0 Å². The van der Waals surface area contributed by atoms with Gasteiger partial charge >= 0.3 is 5.97 Å². The zero-order chi connectivity index (χ0) is 17.1. The highest BCUT2D eigenvalue weighted by molar-refractivity contribution is 5.84. The van der Waals surface area contributed by atoms with Crippen LogP contribution < -0.4 is 5.32 Å². The van der Waals surface area contributed by atoms with Gasteiger partial charge < -0.3 is 10.4 Å². The minimum atomic E-state index is -0.803. The van der Waals surface area contributed by atoms with E-state index in [0.717, 1.165) is 37.1 Å². The first kappa shape index (κ1) is 16.9. The smallest absolute Gasteiger partial charge is 0.320 e. The molecular formula is C18H25N3O3. The molecule has 24 heavy (non-hydrogen) atoms. The Morgan fingerprint density at radius 1 is 1.25 bits per heavy atom. The first-order valence-corrected chi connectivity index (χ1v) is 8.77. The van der Waals surface area contributed by atoms with Crippen LogP contribution in [0.5, 0.6) is 0 Å². The maximum absolute atomic E-state index is 12.5. The lowest BCUT2D eigenvalue weighted by Gasteiger charge is -2.27. The van der Waals surface area contributed by atoms with Gasteiger partial charge in [-0.05, 0) is 57.6 Å². The van der Waals surface area contributed by atoms with Crippen LogP contribution in [0, 0.1) is 6.92 Å². The molecule has 130 valence electrons. The first-order valence-electron chi connectivity index (χ1n) is 8.77. The number of carboxylic acids is 1. The Bertz CT molecular complexity index is 615.